The normalized spacial score (nSPS) is 53.4. The Bertz CT molecular complexity index is 133. The molecule has 0 saturated heterocycles. The van der Waals surface area contributed by atoms with Gasteiger partial charge in [0.05, 0.1) is 12.2 Å². The van der Waals surface area contributed by atoms with E-state index in [4.69, 9.17) is 0 Å². The van der Waals surface area contributed by atoms with Crippen LogP contribution in [0.4, 0.5) is 0 Å². The first-order valence-electron chi connectivity index (χ1n) is 4.15. The fourth-order valence-electron chi connectivity index (χ4n) is 2.54. The van der Waals surface area contributed by atoms with E-state index < -0.39 is 12.2 Å². The quantitative estimate of drug-likeness (QED) is 0.518. The molecule has 4 atom stereocenters. The highest BCUT2D eigenvalue weighted by atomic mass is 16.3. The number of hydrogen-bond donors (Lipinski definition) is 2. The first-order chi connectivity index (χ1) is 4.79. The first kappa shape index (κ1) is 6.62. The molecular formula is C8H14O2. The minimum atomic E-state index is -0.421. The molecule has 0 aliphatic heterocycles. The van der Waals surface area contributed by atoms with Crippen molar-refractivity contribution in [3.63, 3.8) is 0 Å². The summed E-state index contributed by atoms with van der Waals surface area (Å²) < 4.78 is 0. The second-order valence-electron chi connectivity index (χ2n) is 3.65. The molecule has 2 nitrogen and oxygen atoms in total. The maximum atomic E-state index is 9.42. The van der Waals surface area contributed by atoms with Crippen LogP contribution in [-0.2, 0) is 0 Å². The maximum Gasteiger partial charge on any atom is 0.0829 e. The van der Waals surface area contributed by atoms with E-state index in [2.05, 4.69) is 0 Å². The largest absolute Gasteiger partial charge is 0.390 e. The van der Waals surface area contributed by atoms with Crippen molar-refractivity contribution in [1.82, 2.24) is 0 Å². The Balaban J connectivity index is 2.09. The molecule has 0 unspecified atom stereocenters. The fourth-order valence-corrected chi connectivity index (χ4v) is 2.54. The molecule has 0 bridgehead atoms. The van der Waals surface area contributed by atoms with E-state index in [0.29, 0.717) is 11.8 Å². The zero-order valence-corrected chi connectivity index (χ0v) is 6.03. The lowest BCUT2D eigenvalue weighted by Crippen LogP contribution is -2.24. The van der Waals surface area contributed by atoms with Gasteiger partial charge >= 0.3 is 0 Å². The number of rotatable bonds is 0. The molecule has 0 aromatic carbocycles. The van der Waals surface area contributed by atoms with E-state index in [1.807, 2.05) is 0 Å². The Morgan fingerprint density at radius 3 is 2.60 bits per heavy atom. The molecular weight excluding hydrogens is 128 g/mol. The lowest BCUT2D eigenvalue weighted by molar-refractivity contribution is 0.0197. The summed E-state index contributed by atoms with van der Waals surface area (Å²) in [6.07, 6.45) is 3.61. The summed E-state index contributed by atoms with van der Waals surface area (Å²) in [4.78, 5) is 0. The average molecular weight is 142 g/mol. The lowest BCUT2D eigenvalue weighted by Gasteiger charge is -2.13. The summed E-state index contributed by atoms with van der Waals surface area (Å²) in [6.45, 7) is 0. The minimum Gasteiger partial charge on any atom is -0.390 e. The lowest BCUT2D eigenvalue weighted by atomic mass is 9.99. The molecule has 0 heterocycles. The molecule has 2 N–H and O–H groups in total. The van der Waals surface area contributed by atoms with Crippen LogP contribution in [0.3, 0.4) is 0 Å². The zero-order valence-electron chi connectivity index (χ0n) is 6.03. The number of hydrogen-bond acceptors (Lipinski definition) is 2. The Hall–Kier alpha value is -0.0800. The third kappa shape index (κ3) is 0.789. The van der Waals surface area contributed by atoms with E-state index in [1.54, 1.807) is 0 Å². The van der Waals surface area contributed by atoms with Crippen molar-refractivity contribution in [2.75, 3.05) is 0 Å². The van der Waals surface area contributed by atoms with Crippen molar-refractivity contribution in [3.05, 3.63) is 0 Å². The van der Waals surface area contributed by atoms with Crippen LogP contribution in [0.2, 0.25) is 0 Å². The molecule has 58 valence electrons. The van der Waals surface area contributed by atoms with Crippen molar-refractivity contribution in [1.29, 1.82) is 0 Å². The molecule has 0 aromatic heterocycles. The van der Waals surface area contributed by atoms with Gasteiger partial charge in [0.1, 0.15) is 0 Å². The van der Waals surface area contributed by atoms with Crippen LogP contribution in [-0.4, -0.2) is 22.4 Å². The second kappa shape index (κ2) is 2.21. The van der Waals surface area contributed by atoms with E-state index in [0.717, 1.165) is 12.8 Å². The second-order valence-corrected chi connectivity index (χ2v) is 3.65. The molecule has 0 radical (unpaired) electrons. The van der Waals surface area contributed by atoms with Crippen molar-refractivity contribution < 1.29 is 10.2 Å². The molecule has 2 aliphatic rings. The Morgan fingerprint density at radius 2 is 1.90 bits per heavy atom. The van der Waals surface area contributed by atoms with Crippen molar-refractivity contribution in [2.24, 2.45) is 11.8 Å². The van der Waals surface area contributed by atoms with Gasteiger partial charge in [0, 0.05) is 0 Å². The van der Waals surface area contributed by atoms with E-state index in [1.165, 1.54) is 12.8 Å². The van der Waals surface area contributed by atoms with Crippen molar-refractivity contribution in [2.45, 2.75) is 37.9 Å². The van der Waals surface area contributed by atoms with Gasteiger partial charge in [-0.2, -0.15) is 0 Å². The van der Waals surface area contributed by atoms with Gasteiger partial charge in [0.25, 0.3) is 0 Å². The van der Waals surface area contributed by atoms with Gasteiger partial charge in [0.15, 0.2) is 0 Å². The highest BCUT2D eigenvalue weighted by Crippen LogP contribution is 2.43. The van der Waals surface area contributed by atoms with Crippen LogP contribution in [0.5, 0.6) is 0 Å². The van der Waals surface area contributed by atoms with Crippen molar-refractivity contribution in [3.8, 4) is 0 Å². The molecule has 0 amide bonds. The third-order valence-corrected chi connectivity index (χ3v) is 3.10. The summed E-state index contributed by atoms with van der Waals surface area (Å²) in [5, 5.41) is 18.7. The molecule has 2 aliphatic carbocycles. The number of fused-ring (bicyclic) bond motifs is 1. The fraction of sp³-hybridized carbons (Fsp3) is 1.00. The van der Waals surface area contributed by atoms with Gasteiger partial charge in [-0.05, 0) is 31.1 Å². The molecule has 10 heavy (non-hydrogen) atoms. The Labute approximate surface area is 60.9 Å². The summed E-state index contributed by atoms with van der Waals surface area (Å²) >= 11 is 0. The average Bonchev–Trinajstić information content (AvgIpc) is 2.41. The van der Waals surface area contributed by atoms with Crippen LogP contribution < -0.4 is 0 Å². The highest BCUT2D eigenvalue weighted by Gasteiger charge is 2.43. The van der Waals surface area contributed by atoms with Crippen LogP contribution in [0, 0.1) is 11.8 Å². The van der Waals surface area contributed by atoms with E-state index in [9.17, 15) is 10.2 Å². The van der Waals surface area contributed by atoms with E-state index in [-0.39, 0.29) is 0 Å². The smallest absolute Gasteiger partial charge is 0.0829 e. The van der Waals surface area contributed by atoms with Gasteiger partial charge in [-0.15, -0.1) is 0 Å². The van der Waals surface area contributed by atoms with Crippen LogP contribution >= 0.6 is 0 Å². The van der Waals surface area contributed by atoms with Gasteiger partial charge in [-0.3, -0.25) is 0 Å². The molecule has 2 rings (SSSR count). The molecule has 2 heteroatoms. The van der Waals surface area contributed by atoms with Gasteiger partial charge < -0.3 is 10.2 Å². The Morgan fingerprint density at radius 1 is 1.10 bits per heavy atom. The van der Waals surface area contributed by atoms with Crippen LogP contribution in [0.1, 0.15) is 25.7 Å². The third-order valence-electron chi connectivity index (χ3n) is 3.10. The highest BCUT2D eigenvalue weighted by molar-refractivity contribution is 4.94. The predicted molar refractivity (Wildman–Crippen MR) is 37.5 cm³/mol. The summed E-state index contributed by atoms with van der Waals surface area (Å²) in [5.74, 6) is 1.06. The van der Waals surface area contributed by atoms with Gasteiger partial charge in [-0.25, -0.2) is 0 Å². The summed E-state index contributed by atoms with van der Waals surface area (Å²) in [7, 11) is 0. The SMILES string of the molecule is O[C@@H]1[C@@H]2CCC[C@@H]2C[C@@H]1O. The molecule has 0 aromatic rings. The predicted octanol–water partition coefficient (Wildman–Crippen LogP) is 0.528. The molecule has 2 fully saturated rings. The van der Waals surface area contributed by atoms with E-state index >= 15 is 0 Å². The number of aliphatic hydroxyl groups excluding tert-OH is 2. The maximum absolute atomic E-state index is 9.42. The zero-order chi connectivity index (χ0) is 7.14. The summed E-state index contributed by atoms with van der Waals surface area (Å²) in [5.41, 5.74) is 0. The topological polar surface area (TPSA) is 40.5 Å². The number of aliphatic hydroxyl groups is 2. The summed E-state index contributed by atoms with van der Waals surface area (Å²) in [6, 6.07) is 0. The monoisotopic (exact) mass is 142 g/mol. The van der Waals surface area contributed by atoms with Crippen LogP contribution in [0.25, 0.3) is 0 Å². The van der Waals surface area contributed by atoms with Gasteiger partial charge in [-0.1, -0.05) is 6.42 Å². The molecule has 2 saturated carbocycles. The minimum absolute atomic E-state index is 0.410. The standard InChI is InChI=1S/C8H14O2/c9-7-4-5-2-1-3-6(5)8(7)10/h5-10H,1-4H2/t5-,6-,7+,8-/m1/s1. The molecule has 0 spiro atoms. The van der Waals surface area contributed by atoms with Gasteiger partial charge in [0.2, 0.25) is 0 Å². The van der Waals surface area contributed by atoms with Crippen molar-refractivity contribution >= 4 is 0 Å². The first-order valence-corrected chi connectivity index (χ1v) is 4.15. The Kier molecular flexibility index (Phi) is 1.46. The van der Waals surface area contributed by atoms with Crippen LogP contribution in [0.15, 0.2) is 0 Å².